The number of aryl methyl sites for hydroxylation is 1. The summed E-state index contributed by atoms with van der Waals surface area (Å²) in [5.74, 6) is -0.175. The van der Waals surface area contributed by atoms with E-state index < -0.39 is 21.9 Å². The maximum atomic E-state index is 11.5. The van der Waals surface area contributed by atoms with E-state index in [9.17, 15) is 23.1 Å². The maximum absolute atomic E-state index is 11.5. The van der Waals surface area contributed by atoms with Crippen LogP contribution in [0.25, 0.3) is 10.9 Å². The number of carboxylic acids is 1. The Morgan fingerprint density at radius 2 is 1.81 bits per heavy atom. The molecule has 2 aromatic heterocycles. The maximum Gasteiger partial charge on any atom is 0.352 e. The van der Waals surface area contributed by atoms with Crippen molar-refractivity contribution in [3.63, 3.8) is 0 Å². The number of para-hydroxylation sites is 1. The fourth-order valence-corrected chi connectivity index (χ4v) is 4.59. The summed E-state index contributed by atoms with van der Waals surface area (Å²) in [6.07, 6.45) is 2.61. The first-order chi connectivity index (χ1) is 19.6. The summed E-state index contributed by atoms with van der Waals surface area (Å²) in [4.78, 5) is 31.0. The molecule has 4 aromatic rings. The molecular formula is C28H34N6O7S. The van der Waals surface area contributed by atoms with Crippen molar-refractivity contribution in [2.75, 3.05) is 30.5 Å². The van der Waals surface area contributed by atoms with Crippen LogP contribution in [-0.2, 0) is 22.5 Å². The molecular weight excluding hydrogens is 564 g/mol. The number of sulfonamides is 1. The topological polar surface area (TPSA) is 188 Å². The molecule has 0 saturated heterocycles. The van der Waals surface area contributed by atoms with Crippen LogP contribution in [0.3, 0.4) is 0 Å². The highest BCUT2D eigenvalue weighted by atomic mass is 32.2. The highest BCUT2D eigenvalue weighted by Crippen LogP contribution is 2.35. The fourth-order valence-electron chi connectivity index (χ4n) is 4.04. The first-order valence-electron chi connectivity index (χ1n) is 12.6. The quantitative estimate of drug-likeness (QED) is 0.231. The zero-order valence-corrected chi connectivity index (χ0v) is 25.2. The Hall–Kier alpha value is -4.85. The van der Waals surface area contributed by atoms with Gasteiger partial charge in [-0.25, -0.2) is 18.2 Å². The summed E-state index contributed by atoms with van der Waals surface area (Å²) >= 11 is 0. The monoisotopic (exact) mass is 598 g/mol. The SMILES string of the molecule is CNc1nccc(Oc2cccc3cc(C(=O)O)n(C)c23)n1.COc1c(NS(C)(=O)=O)cc(C(C)(C)C)cc1C(N)=O. The highest BCUT2D eigenvalue weighted by Gasteiger charge is 2.23. The number of carbonyl (C=O) groups is 2. The molecule has 224 valence electrons. The number of fused-ring (bicyclic) bond motifs is 1. The van der Waals surface area contributed by atoms with Gasteiger partial charge in [0.25, 0.3) is 5.91 Å². The number of aromatic carboxylic acids is 1. The van der Waals surface area contributed by atoms with Crippen molar-refractivity contribution in [2.24, 2.45) is 12.8 Å². The van der Waals surface area contributed by atoms with Gasteiger partial charge in [0.15, 0.2) is 11.5 Å². The van der Waals surface area contributed by atoms with Crippen LogP contribution in [0.15, 0.2) is 48.7 Å². The molecule has 0 atom stereocenters. The van der Waals surface area contributed by atoms with Crippen LogP contribution in [0.1, 0.15) is 47.2 Å². The Morgan fingerprint density at radius 3 is 2.36 bits per heavy atom. The molecule has 0 unspecified atom stereocenters. The second-order valence-electron chi connectivity index (χ2n) is 10.3. The Labute approximate surface area is 243 Å². The third-order valence-corrected chi connectivity index (χ3v) is 6.62. The second-order valence-corrected chi connectivity index (χ2v) is 12.0. The van der Waals surface area contributed by atoms with Gasteiger partial charge in [0.05, 0.1) is 30.1 Å². The summed E-state index contributed by atoms with van der Waals surface area (Å²) < 4.78 is 37.7. The van der Waals surface area contributed by atoms with Crippen LogP contribution in [-0.4, -0.2) is 60.3 Å². The van der Waals surface area contributed by atoms with Gasteiger partial charge in [0.2, 0.25) is 21.9 Å². The van der Waals surface area contributed by atoms with Crippen molar-refractivity contribution in [3.8, 4) is 17.4 Å². The van der Waals surface area contributed by atoms with Crippen LogP contribution in [0.5, 0.6) is 17.4 Å². The number of nitrogens with one attached hydrogen (secondary N) is 2. The first kappa shape index (κ1) is 31.7. The molecule has 42 heavy (non-hydrogen) atoms. The summed E-state index contributed by atoms with van der Waals surface area (Å²) in [5.41, 5.74) is 7.09. The summed E-state index contributed by atoms with van der Waals surface area (Å²) in [6, 6.07) is 11.9. The molecule has 0 aliphatic rings. The van der Waals surface area contributed by atoms with Gasteiger partial charge in [-0.3, -0.25) is 9.52 Å². The number of amides is 1. The van der Waals surface area contributed by atoms with Crippen molar-refractivity contribution in [3.05, 3.63) is 65.5 Å². The Balaban J connectivity index is 0.000000232. The number of rotatable bonds is 8. The van der Waals surface area contributed by atoms with E-state index in [0.29, 0.717) is 23.1 Å². The van der Waals surface area contributed by atoms with E-state index in [4.69, 9.17) is 15.2 Å². The van der Waals surface area contributed by atoms with E-state index in [1.54, 1.807) is 55.2 Å². The second kappa shape index (κ2) is 12.3. The van der Waals surface area contributed by atoms with Crippen molar-refractivity contribution >= 4 is 44.4 Å². The number of benzene rings is 2. The minimum atomic E-state index is -3.50. The van der Waals surface area contributed by atoms with Crippen molar-refractivity contribution in [1.29, 1.82) is 0 Å². The molecule has 0 aliphatic heterocycles. The van der Waals surface area contributed by atoms with Crippen molar-refractivity contribution in [1.82, 2.24) is 14.5 Å². The van der Waals surface area contributed by atoms with Crippen LogP contribution in [0, 0.1) is 0 Å². The molecule has 4 rings (SSSR count). The number of carbonyl (C=O) groups excluding carboxylic acids is 1. The first-order valence-corrected chi connectivity index (χ1v) is 14.4. The molecule has 0 fully saturated rings. The molecule has 0 bridgehead atoms. The van der Waals surface area contributed by atoms with Crippen LogP contribution >= 0.6 is 0 Å². The van der Waals surface area contributed by atoms with Gasteiger partial charge >= 0.3 is 5.97 Å². The highest BCUT2D eigenvalue weighted by molar-refractivity contribution is 7.92. The lowest BCUT2D eigenvalue weighted by molar-refractivity contribution is 0.0686. The lowest BCUT2D eigenvalue weighted by Crippen LogP contribution is -2.19. The lowest BCUT2D eigenvalue weighted by Gasteiger charge is -2.23. The third-order valence-electron chi connectivity index (χ3n) is 6.03. The van der Waals surface area contributed by atoms with Gasteiger partial charge in [-0.15, -0.1) is 0 Å². The molecule has 0 spiro atoms. The molecule has 0 radical (unpaired) electrons. The van der Waals surface area contributed by atoms with Crippen LogP contribution < -0.4 is 25.2 Å². The number of ether oxygens (including phenoxy) is 2. The van der Waals surface area contributed by atoms with Crippen molar-refractivity contribution < 1.29 is 32.6 Å². The van der Waals surface area contributed by atoms with E-state index in [2.05, 4.69) is 20.0 Å². The molecule has 13 nitrogen and oxygen atoms in total. The van der Waals surface area contributed by atoms with Crippen molar-refractivity contribution in [2.45, 2.75) is 26.2 Å². The van der Waals surface area contributed by atoms with Gasteiger partial charge in [-0.1, -0.05) is 32.9 Å². The van der Waals surface area contributed by atoms with Crippen LogP contribution in [0.4, 0.5) is 11.6 Å². The minimum absolute atomic E-state index is 0.121. The molecule has 5 N–H and O–H groups in total. The van der Waals surface area contributed by atoms with E-state index in [1.165, 1.54) is 7.11 Å². The van der Waals surface area contributed by atoms with E-state index in [1.807, 2.05) is 32.9 Å². The number of primary amides is 1. The number of hydrogen-bond donors (Lipinski definition) is 4. The number of methoxy groups -OCH3 is 1. The Kier molecular flexibility index (Phi) is 9.31. The number of nitrogens with zero attached hydrogens (tertiary/aromatic N) is 3. The molecule has 2 aromatic carbocycles. The fraction of sp³-hybridized carbons (Fsp3) is 0.286. The van der Waals surface area contributed by atoms with Crippen LogP contribution in [0.2, 0.25) is 0 Å². The van der Waals surface area contributed by atoms with E-state index >= 15 is 0 Å². The predicted octanol–water partition coefficient (Wildman–Crippen LogP) is 3.96. The zero-order valence-electron chi connectivity index (χ0n) is 24.3. The predicted molar refractivity (Wildman–Crippen MR) is 160 cm³/mol. The summed E-state index contributed by atoms with van der Waals surface area (Å²) in [5, 5.41) is 12.9. The largest absolute Gasteiger partial charge is 0.494 e. The summed E-state index contributed by atoms with van der Waals surface area (Å²) in [7, 11) is 1.27. The van der Waals surface area contributed by atoms with Gasteiger partial charge in [-0.05, 0) is 35.2 Å². The zero-order chi connectivity index (χ0) is 31.4. The minimum Gasteiger partial charge on any atom is -0.494 e. The number of anilines is 2. The average Bonchev–Trinajstić information content (AvgIpc) is 3.25. The molecule has 2 heterocycles. The number of nitrogens with two attached hydrogens (primary N) is 1. The van der Waals surface area contributed by atoms with E-state index in [0.717, 1.165) is 17.2 Å². The van der Waals surface area contributed by atoms with Gasteiger partial charge in [-0.2, -0.15) is 4.98 Å². The van der Waals surface area contributed by atoms with E-state index in [-0.39, 0.29) is 28.1 Å². The molecule has 0 aliphatic carbocycles. The van der Waals surface area contributed by atoms with Gasteiger partial charge in [0.1, 0.15) is 5.69 Å². The summed E-state index contributed by atoms with van der Waals surface area (Å²) in [6.45, 7) is 5.84. The third kappa shape index (κ3) is 7.46. The smallest absolute Gasteiger partial charge is 0.352 e. The normalized spacial score (nSPS) is 11.3. The molecule has 1 amide bonds. The van der Waals surface area contributed by atoms with Gasteiger partial charge < -0.3 is 30.2 Å². The number of aromatic nitrogens is 3. The average molecular weight is 599 g/mol. The molecule has 0 saturated carbocycles. The number of carboxylic acid groups (broad SMARTS) is 1. The standard InChI is InChI=1S/C15H14N4O3.C13H20N2O4S/c1-16-15-17-7-6-12(18-15)22-11-5-3-4-9-8-10(14(20)21)19(2)13(9)11;1-13(2,3)8-6-9(12(14)16)11(19-4)10(7-8)15-20(5,17)18/h3-8H,1-2H3,(H,20,21)(H,16,17,18);6-7,15H,1-5H3,(H2,14,16). The Bertz CT molecular complexity index is 1740. The lowest BCUT2D eigenvalue weighted by atomic mass is 9.85. The van der Waals surface area contributed by atoms with Gasteiger partial charge in [0, 0.05) is 31.7 Å². The molecule has 14 heteroatoms. The number of hydrogen-bond acceptors (Lipinski definition) is 9. The Morgan fingerprint density at radius 1 is 1.12 bits per heavy atom.